The fraction of sp³-hybridized carbons (Fsp3) is 0.0909. The summed E-state index contributed by atoms with van der Waals surface area (Å²) in [7, 11) is 1.61. The van der Waals surface area contributed by atoms with Crippen molar-refractivity contribution in [2.75, 3.05) is 12.4 Å². The van der Waals surface area contributed by atoms with Crippen LogP contribution in [0, 0.1) is 6.92 Å². The molecule has 0 aliphatic carbocycles. The van der Waals surface area contributed by atoms with Crippen molar-refractivity contribution in [2.24, 2.45) is 0 Å². The van der Waals surface area contributed by atoms with Crippen LogP contribution in [-0.4, -0.2) is 18.0 Å². The number of aromatic nitrogens is 1. The SMILES string of the molecule is COc1ccc2oc(-c3ccc(C)c(NC(=O)c4ccccc4Cl)c3)nc2c1. The van der Waals surface area contributed by atoms with Gasteiger partial charge >= 0.3 is 0 Å². The number of nitrogens with one attached hydrogen (secondary N) is 1. The van der Waals surface area contributed by atoms with E-state index in [1.807, 2.05) is 43.3 Å². The van der Waals surface area contributed by atoms with Crippen molar-refractivity contribution in [3.63, 3.8) is 0 Å². The number of methoxy groups -OCH3 is 1. The van der Waals surface area contributed by atoms with E-state index in [9.17, 15) is 4.79 Å². The Balaban J connectivity index is 1.67. The van der Waals surface area contributed by atoms with Crippen LogP contribution in [0.15, 0.2) is 65.1 Å². The summed E-state index contributed by atoms with van der Waals surface area (Å²) in [4.78, 5) is 17.1. The smallest absolute Gasteiger partial charge is 0.257 e. The topological polar surface area (TPSA) is 64.4 Å². The van der Waals surface area contributed by atoms with Gasteiger partial charge in [0.05, 0.1) is 17.7 Å². The van der Waals surface area contributed by atoms with Crippen LogP contribution in [0.25, 0.3) is 22.6 Å². The fourth-order valence-electron chi connectivity index (χ4n) is 2.88. The van der Waals surface area contributed by atoms with Crippen molar-refractivity contribution in [2.45, 2.75) is 6.92 Å². The number of rotatable bonds is 4. The van der Waals surface area contributed by atoms with Crippen molar-refractivity contribution in [3.8, 4) is 17.2 Å². The molecule has 5 nitrogen and oxygen atoms in total. The first-order valence-corrected chi connectivity index (χ1v) is 9.04. The second kappa shape index (κ2) is 7.37. The molecule has 3 aromatic carbocycles. The van der Waals surface area contributed by atoms with Crippen LogP contribution >= 0.6 is 11.6 Å². The van der Waals surface area contributed by atoms with E-state index in [2.05, 4.69) is 10.3 Å². The number of aryl methyl sites for hydroxylation is 1. The van der Waals surface area contributed by atoms with Gasteiger partial charge in [-0.1, -0.05) is 29.8 Å². The summed E-state index contributed by atoms with van der Waals surface area (Å²) >= 11 is 6.13. The van der Waals surface area contributed by atoms with E-state index in [-0.39, 0.29) is 5.91 Å². The molecule has 0 unspecified atom stereocenters. The lowest BCUT2D eigenvalue weighted by Gasteiger charge is -2.10. The van der Waals surface area contributed by atoms with Crippen molar-refractivity contribution in [3.05, 3.63) is 76.8 Å². The lowest BCUT2D eigenvalue weighted by Crippen LogP contribution is -2.13. The van der Waals surface area contributed by atoms with Gasteiger partial charge in [0.15, 0.2) is 5.58 Å². The standard InChI is InChI=1S/C22H17ClN2O3/c1-13-7-8-14(22-25-19-12-15(27-2)9-10-20(19)28-22)11-18(13)24-21(26)16-5-3-4-6-17(16)23/h3-12H,1-2H3,(H,24,26). The third kappa shape index (κ3) is 3.44. The molecule has 0 atom stereocenters. The molecular weight excluding hydrogens is 376 g/mol. The molecule has 0 fully saturated rings. The Morgan fingerprint density at radius 3 is 2.71 bits per heavy atom. The molecule has 0 spiro atoms. The molecule has 1 N–H and O–H groups in total. The number of oxazole rings is 1. The highest BCUT2D eigenvalue weighted by atomic mass is 35.5. The number of fused-ring (bicyclic) bond motifs is 1. The van der Waals surface area contributed by atoms with Crippen LogP contribution in [0.2, 0.25) is 5.02 Å². The van der Waals surface area contributed by atoms with E-state index in [0.29, 0.717) is 39.0 Å². The summed E-state index contributed by atoms with van der Waals surface area (Å²) in [6.07, 6.45) is 0. The van der Waals surface area contributed by atoms with Gasteiger partial charge in [0.2, 0.25) is 5.89 Å². The zero-order valence-corrected chi connectivity index (χ0v) is 16.1. The monoisotopic (exact) mass is 392 g/mol. The maximum Gasteiger partial charge on any atom is 0.257 e. The number of carbonyl (C=O) groups excluding carboxylic acids is 1. The maximum absolute atomic E-state index is 12.6. The van der Waals surface area contributed by atoms with Crippen molar-refractivity contribution < 1.29 is 13.9 Å². The lowest BCUT2D eigenvalue weighted by atomic mass is 10.1. The normalized spacial score (nSPS) is 10.8. The molecule has 0 aliphatic heterocycles. The van der Waals surface area contributed by atoms with Crippen LogP contribution in [-0.2, 0) is 0 Å². The zero-order valence-electron chi connectivity index (χ0n) is 15.3. The van der Waals surface area contributed by atoms with Crippen molar-refractivity contribution in [1.29, 1.82) is 0 Å². The molecule has 0 bridgehead atoms. The van der Waals surface area contributed by atoms with Gasteiger partial charge in [0.25, 0.3) is 5.91 Å². The summed E-state index contributed by atoms with van der Waals surface area (Å²) in [6.45, 7) is 1.92. The number of anilines is 1. The Hall–Kier alpha value is -3.31. The van der Waals surface area contributed by atoms with Crippen molar-refractivity contribution >= 4 is 34.3 Å². The van der Waals surface area contributed by atoms with E-state index < -0.39 is 0 Å². The van der Waals surface area contributed by atoms with Gasteiger partial charge in [0, 0.05) is 17.3 Å². The first kappa shape index (κ1) is 18.1. The van der Waals surface area contributed by atoms with Crippen LogP contribution < -0.4 is 10.1 Å². The van der Waals surface area contributed by atoms with Gasteiger partial charge in [0.1, 0.15) is 11.3 Å². The number of hydrogen-bond donors (Lipinski definition) is 1. The number of halogens is 1. The predicted molar refractivity (Wildman–Crippen MR) is 110 cm³/mol. The first-order valence-electron chi connectivity index (χ1n) is 8.66. The number of carbonyl (C=O) groups is 1. The van der Waals surface area contributed by atoms with Crippen molar-refractivity contribution in [1.82, 2.24) is 4.98 Å². The number of amides is 1. The Kier molecular flexibility index (Phi) is 4.75. The molecular formula is C22H17ClN2O3. The molecule has 6 heteroatoms. The molecule has 1 aromatic heterocycles. The van der Waals surface area contributed by atoms with Gasteiger partial charge < -0.3 is 14.5 Å². The highest BCUT2D eigenvalue weighted by Gasteiger charge is 2.14. The summed E-state index contributed by atoms with van der Waals surface area (Å²) in [5, 5.41) is 3.32. The average Bonchev–Trinajstić information content (AvgIpc) is 3.13. The molecule has 0 aliphatic rings. The second-order valence-corrected chi connectivity index (χ2v) is 6.72. The summed E-state index contributed by atoms with van der Waals surface area (Å²) in [5.41, 5.74) is 4.14. The molecule has 28 heavy (non-hydrogen) atoms. The van der Waals surface area contributed by atoms with Crippen LogP contribution in [0.1, 0.15) is 15.9 Å². The molecule has 0 saturated heterocycles. The first-order chi connectivity index (χ1) is 13.5. The third-order valence-electron chi connectivity index (χ3n) is 4.45. The Labute approximate surface area is 166 Å². The number of benzene rings is 3. The van der Waals surface area contributed by atoms with Gasteiger partial charge in [-0.2, -0.15) is 0 Å². The molecule has 4 aromatic rings. The van der Waals surface area contributed by atoms with E-state index in [1.54, 1.807) is 31.4 Å². The quantitative estimate of drug-likeness (QED) is 0.482. The zero-order chi connectivity index (χ0) is 19.7. The minimum atomic E-state index is -0.270. The Morgan fingerprint density at radius 2 is 1.93 bits per heavy atom. The number of hydrogen-bond acceptors (Lipinski definition) is 4. The average molecular weight is 393 g/mol. The molecule has 1 amide bonds. The van der Waals surface area contributed by atoms with Gasteiger partial charge in [-0.25, -0.2) is 4.98 Å². The minimum Gasteiger partial charge on any atom is -0.497 e. The van der Waals surface area contributed by atoms with E-state index in [0.717, 1.165) is 11.1 Å². The second-order valence-electron chi connectivity index (χ2n) is 6.32. The van der Waals surface area contributed by atoms with Gasteiger partial charge in [-0.05, 0) is 48.9 Å². The van der Waals surface area contributed by atoms with Crippen LogP contribution in [0.5, 0.6) is 5.75 Å². The highest BCUT2D eigenvalue weighted by Crippen LogP contribution is 2.30. The minimum absolute atomic E-state index is 0.270. The van der Waals surface area contributed by atoms with Crippen LogP contribution in [0.4, 0.5) is 5.69 Å². The Bertz CT molecular complexity index is 1180. The summed E-state index contributed by atoms with van der Waals surface area (Å²) < 4.78 is 11.1. The summed E-state index contributed by atoms with van der Waals surface area (Å²) in [6, 6.07) is 18.0. The lowest BCUT2D eigenvalue weighted by molar-refractivity contribution is 0.102. The molecule has 0 radical (unpaired) electrons. The molecule has 1 heterocycles. The fourth-order valence-corrected chi connectivity index (χ4v) is 3.10. The van der Waals surface area contributed by atoms with E-state index in [4.69, 9.17) is 20.8 Å². The third-order valence-corrected chi connectivity index (χ3v) is 4.78. The molecule has 140 valence electrons. The largest absolute Gasteiger partial charge is 0.497 e. The molecule has 0 saturated carbocycles. The van der Waals surface area contributed by atoms with E-state index >= 15 is 0 Å². The van der Waals surface area contributed by atoms with Gasteiger partial charge in [-0.15, -0.1) is 0 Å². The predicted octanol–water partition coefficient (Wildman–Crippen LogP) is 5.72. The maximum atomic E-state index is 12.6. The Morgan fingerprint density at radius 1 is 1.11 bits per heavy atom. The number of ether oxygens (including phenoxy) is 1. The number of nitrogens with zero attached hydrogens (tertiary/aromatic N) is 1. The molecule has 4 rings (SSSR count). The van der Waals surface area contributed by atoms with Crippen LogP contribution in [0.3, 0.4) is 0 Å². The highest BCUT2D eigenvalue weighted by molar-refractivity contribution is 6.34. The van der Waals surface area contributed by atoms with Gasteiger partial charge in [-0.3, -0.25) is 4.79 Å². The van der Waals surface area contributed by atoms with E-state index in [1.165, 1.54) is 0 Å². The summed E-state index contributed by atoms with van der Waals surface area (Å²) in [5.74, 6) is 0.911.